The van der Waals surface area contributed by atoms with Crippen molar-refractivity contribution >= 4 is 11.5 Å². The van der Waals surface area contributed by atoms with Gasteiger partial charge in [0.25, 0.3) is 0 Å². The Balaban J connectivity index is 1.41. The van der Waals surface area contributed by atoms with Crippen molar-refractivity contribution in [1.29, 1.82) is 0 Å². The predicted octanol–water partition coefficient (Wildman–Crippen LogP) is 5.99. The molecule has 3 nitrogen and oxygen atoms in total. The van der Waals surface area contributed by atoms with Crippen molar-refractivity contribution in [3.8, 4) is 5.75 Å². The molecule has 0 amide bonds. The second kappa shape index (κ2) is 9.30. The summed E-state index contributed by atoms with van der Waals surface area (Å²) in [6, 6.07) is 15.2. The highest BCUT2D eigenvalue weighted by atomic mass is 16.5. The first-order chi connectivity index (χ1) is 14.2. The maximum Gasteiger partial charge on any atom is 0.303 e. The third kappa shape index (κ3) is 5.09. The number of carboxylic acids is 1. The molecule has 0 spiro atoms. The molecule has 0 aliphatic heterocycles. The number of rotatable bonds is 8. The molecule has 2 aliphatic rings. The minimum absolute atomic E-state index is 0.220. The average molecular weight is 391 g/mol. The maximum atomic E-state index is 10.6. The van der Waals surface area contributed by atoms with Crippen LogP contribution in [0.15, 0.2) is 48.0 Å². The molecule has 2 aromatic rings. The molecule has 0 bridgehead atoms. The summed E-state index contributed by atoms with van der Waals surface area (Å²) in [7, 11) is 0. The van der Waals surface area contributed by atoms with Crippen LogP contribution in [0.1, 0.15) is 67.2 Å². The van der Waals surface area contributed by atoms with Crippen LogP contribution in [-0.2, 0) is 24.1 Å². The van der Waals surface area contributed by atoms with Gasteiger partial charge in [-0.3, -0.25) is 4.79 Å². The predicted molar refractivity (Wildman–Crippen MR) is 116 cm³/mol. The topological polar surface area (TPSA) is 46.5 Å². The zero-order valence-corrected chi connectivity index (χ0v) is 17.1. The Morgan fingerprint density at radius 2 is 1.69 bits per heavy atom. The molecular weight excluding hydrogens is 360 g/mol. The molecule has 0 saturated heterocycles. The zero-order valence-electron chi connectivity index (χ0n) is 17.1. The van der Waals surface area contributed by atoms with Gasteiger partial charge < -0.3 is 9.84 Å². The average Bonchev–Trinajstić information content (AvgIpc) is 3.21. The molecule has 0 heterocycles. The lowest BCUT2D eigenvalue weighted by atomic mass is 9.86. The number of aliphatic carboxylic acids is 1. The lowest BCUT2D eigenvalue weighted by molar-refractivity contribution is -0.137. The van der Waals surface area contributed by atoms with E-state index >= 15 is 0 Å². The van der Waals surface area contributed by atoms with Crippen molar-refractivity contribution < 1.29 is 14.6 Å². The Morgan fingerprint density at radius 1 is 0.897 bits per heavy atom. The number of aryl methyl sites for hydroxylation is 3. The lowest BCUT2D eigenvalue weighted by Crippen LogP contribution is -2.08. The van der Waals surface area contributed by atoms with Crippen molar-refractivity contribution in [2.75, 3.05) is 6.61 Å². The van der Waals surface area contributed by atoms with Gasteiger partial charge in [0.1, 0.15) is 12.4 Å². The van der Waals surface area contributed by atoms with Gasteiger partial charge >= 0.3 is 5.97 Å². The van der Waals surface area contributed by atoms with E-state index in [0.717, 1.165) is 30.6 Å². The van der Waals surface area contributed by atoms with Gasteiger partial charge in [-0.15, -0.1) is 0 Å². The zero-order chi connectivity index (χ0) is 20.1. The van der Waals surface area contributed by atoms with E-state index in [1.54, 1.807) is 5.56 Å². The molecule has 0 unspecified atom stereocenters. The van der Waals surface area contributed by atoms with Gasteiger partial charge in [-0.25, -0.2) is 0 Å². The molecule has 0 atom stereocenters. The number of ether oxygens (including phenoxy) is 1. The van der Waals surface area contributed by atoms with Gasteiger partial charge in [-0.2, -0.15) is 0 Å². The monoisotopic (exact) mass is 390 g/mol. The summed E-state index contributed by atoms with van der Waals surface area (Å²) in [6.45, 7) is 0.658. The highest BCUT2D eigenvalue weighted by Gasteiger charge is 2.18. The third-order valence-electron chi connectivity index (χ3n) is 6.22. The van der Waals surface area contributed by atoms with Crippen LogP contribution < -0.4 is 4.74 Å². The summed E-state index contributed by atoms with van der Waals surface area (Å²) in [5.74, 6) is 0.156. The fourth-order valence-corrected chi connectivity index (χ4v) is 4.60. The number of hydrogen-bond donors (Lipinski definition) is 1. The van der Waals surface area contributed by atoms with Crippen LogP contribution in [0.3, 0.4) is 0 Å². The standard InChI is InChI=1S/C26H30O3/c27-26(28)10-3-5-19-11-15-24(16-12-19)29-18-23-6-1-2-9-25(23)22-14-13-20-7-4-8-21(20)17-22/h11-17H,1-10,18H2,(H,27,28). The van der Waals surface area contributed by atoms with Crippen molar-refractivity contribution in [2.24, 2.45) is 0 Å². The smallest absolute Gasteiger partial charge is 0.303 e. The molecule has 0 fully saturated rings. The van der Waals surface area contributed by atoms with E-state index in [2.05, 4.69) is 18.2 Å². The number of hydrogen-bond acceptors (Lipinski definition) is 2. The fraction of sp³-hybridized carbons (Fsp3) is 0.423. The Bertz CT molecular complexity index is 893. The molecule has 2 aromatic carbocycles. The SMILES string of the molecule is O=C(O)CCCc1ccc(OCC2=C(c3ccc4c(c3)CCC4)CCCC2)cc1. The molecule has 0 saturated carbocycles. The fourth-order valence-electron chi connectivity index (χ4n) is 4.60. The van der Waals surface area contributed by atoms with E-state index in [1.807, 2.05) is 24.3 Å². The molecule has 152 valence electrons. The summed E-state index contributed by atoms with van der Waals surface area (Å²) in [5.41, 5.74) is 8.58. The Labute approximate surface area is 173 Å². The van der Waals surface area contributed by atoms with Crippen molar-refractivity contribution in [2.45, 2.75) is 64.2 Å². The van der Waals surface area contributed by atoms with Crippen LogP contribution in [0.5, 0.6) is 5.75 Å². The maximum absolute atomic E-state index is 10.6. The van der Waals surface area contributed by atoms with Gasteiger partial charge in [0.05, 0.1) is 0 Å². The lowest BCUT2D eigenvalue weighted by Gasteiger charge is -2.22. The Kier molecular flexibility index (Phi) is 6.33. The van der Waals surface area contributed by atoms with Gasteiger partial charge in [0.2, 0.25) is 0 Å². The first-order valence-electron chi connectivity index (χ1n) is 11.0. The van der Waals surface area contributed by atoms with Crippen molar-refractivity contribution in [1.82, 2.24) is 0 Å². The summed E-state index contributed by atoms with van der Waals surface area (Å²) >= 11 is 0. The Hall–Kier alpha value is -2.55. The highest BCUT2D eigenvalue weighted by Crippen LogP contribution is 2.35. The highest BCUT2D eigenvalue weighted by molar-refractivity contribution is 5.70. The van der Waals surface area contributed by atoms with Gasteiger partial charge in [0, 0.05) is 6.42 Å². The summed E-state index contributed by atoms with van der Waals surface area (Å²) in [6.07, 6.45) is 10.2. The van der Waals surface area contributed by atoms with E-state index < -0.39 is 5.97 Å². The second-order valence-corrected chi connectivity index (χ2v) is 8.31. The second-order valence-electron chi connectivity index (χ2n) is 8.31. The molecular formula is C26H30O3. The van der Waals surface area contributed by atoms with Crippen LogP contribution in [-0.4, -0.2) is 17.7 Å². The molecule has 2 aliphatic carbocycles. The normalized spacial score (nSPS) is 16.0. The Morgan fingerprint density at radius 3 is 2.52 bits per heavy atom. The largest absolute Gasteiger partial charge is 0.489 e. The first-order valence-corrected chi connectivity index (χ1v) is 11.0. The van der Waals surface area contributed by atoms with Gasteiger partial charge in [0.15, 0.2) is 0 Å². The van der Waals surface area contributed by atoms with Crippen molar-refractivity contribution in [3.05, 3.63) is 70.3 Å². The van der Waals surface area contributed by atoms with E-state index in [-0.39, 0.29) is 6.42 Å². The molecule has 0 radical (unpaired) electrons. The molecule has 4 rings (SSSR count). The number of fused-ring (bicyclic) bond motifs is 1. The molecule has 3 heteroatoms. The number of allylic oxidation sites excluding steroid dienone is 1. The van der Waals surface area contributed by atoms with Gasteiger partial charge in [-0.05, 0) is 103 Å². The van der Waals surface area contributed by atoms with Crippen LogP contribution in [0.25, 0.3) is 5.57 Å². The van der Waals surface area contributed by atoms with Gasteiger partial charge in [-0.1, -0.05) is 30.3 Å². The van der Waals surface area contributed by atoms with Crippen LogP contribution >= 0.6 is 0 Å². The number of benzene rings is 2. The van der Waals surface area contributed by atoms with Crippen LogP contribution in [0.2, 0.25) is 0 Å². The molecule has 29 heavy (non-hydrogen) atoms. The minimum Gasteiger partial charge on any atom is -0.489 e. The molecule has 0 aromatic heterocycles. The number of carboxylic acid groups (broad SMARTS) is 1. The van der Waals surface area contributed by atoms with E-state index in [9.17, 15) is 4.79 Å². The first kappa shape index (κ1) is 19.8. The summed E-state index contributed by atoms with van der Waals surface area (Å²) in [5, 5.41) is 8.75. The van der Waals surface area contributed by atoms with E-state index in [1.165, 1.54) is 54.4 Å². The van der Waals surface area contributed by atoms with E-state index in [4.69, 9.17) is 9.84 Å². The van der Waals surface area contributed by atoms with Crippen molar-refractivity contribution in [3.63, 3.8) is 0 Å². The minimum atomic E-state index is -0.732. The summed E-state index contributed by atoms with van der Waals surface area (Å²) in [4.78, 5) is 10.6. The quantitative estimate of drug-likeness (QED) is 0.602. The molecule has 1 N–H and O–H groups in total. The third-order valence-corrected chi connectivity index (χ3v) is 6.22. The van der Waals surface area contributed by atoms with E-state index in [0.29, 0.717) is 13.0 Å². The van der Waals surface area contributed by atoms with Crippen LogP contribution in [0.4, 0.5) is 0 Å². The number of carbonyl (C=O) groups is 1. The van der Waals surface area contributed by atoms with Crippen LogP contribution in [0, 0.1) is 0 Å². The summed E-state index contributed by atoms with van der Waals surface area (Å²) < 4.78 is 6.14.